The summed E-state index contributed by atoms with van der Waals surface area (Å²) in [6, 6.07) is 0.727. The number of aromatic nitrogens is 1. The lowest BCUT2D eigenvalue weighted by molar-refractivity contribution is -0.155. The van der Waals surface area contributed by atoms with Gasteiger partial charge in [0.05, 0.1) is 12.7 Å². The van der Waals surface area contributed by atoms with Crippen LogP contribution in [0.2, 0.25) is 0 Å². The first-order chi connectivity index (χ1) is 8.15. The number of hydrogen-bond donors (Lipinski definition) is 3. The molecule has 9 heteroatoms. The van der Waals surface area contributed by atoms with E-state index in [1.807, 2.05) is 4.72 Å². The van der Waals surface area contributed by atoms with E-state index in [9.17, 15) is 22.7 Å². The number of aliphatic carboxylic acids is 1. The Morgan fingerprint density at radius 3 is 2.67 bits per heavy atom. The van der Waals surface area contributed by atoms with Crippen molar-refractivity contribution in [2.24, 2.45) is 0 Å². The highest BCUT2D eigenvalue weighted by Gasteiger charge is 2.31. The first kappa shape index (κ1) is 14.5. The van der Waals surface area contributed by atoms with Gasteiger partial charge in [-0.2, -0.15) is 0 Å². The number of nitrogens with one attached hydrogen (secondary N) is 1. The van der Waals surface area contributed by atoms with Gasteiger partial charge in [0.25, 0.3) is 0 Å². The molecule has 3 N–H and O–H groups in total. The summed E-state index contributed by atoms with van der Waals surface area (Å²) in [7, 11) is -4.13. The summed E-state index contributed by atoms with van der Waals surface area (Å²) in [4.78, 5) is 13.5. The molecule has 18 heavy (non-hydrogen) atoms. The van der Waals surface area contributed by atoms with E-state index < -0.39 is 38.9 Å². The maximum absolute atomic E-state index is 12.8. The van der Waals surface area contributed by atoms with E-state index in [1.54, 1.807) is 0 Å². The van der Waals surface area contributed by atoms with Crippen LogP contribution in [-0.2, 0) is 14.8 Å². The first-order valence-electron chi connectivity index (χ1n) is 4.71. The average Bonchev–Trinajstić information content (AvgIpc) is 2.26. The number of carboxylic acid groups (broad SMARTS) is 1. The molecule has 0 aliphatic rings. The Labute approximate surface area is 102 Å². The van der Waals surface area contributed by atoms with Gasteiger partial charge in [0, 0.05) is 6.20 Å². The predicted octanol–water partition coefficient (Wildman–Crippen LogP) is -0.665. The van der Waals surface area contributed by atoms with Crippen molar-refractivity contribution in [3.63, 3.8) is 0 Å². The van der Waals surface area contributed by atoms with Gasteiger partial charge in [-0.25, -0.2) is 22.3 Å². The molecule has 0 saturated carbocycles. The molecule has 0 bridgehead atoms. The van der Waals surface area contributed by atoms with Crippen LogP contribution in [-0.4, -0.2) is 41.7 Å². The minimum absolute atomic E-state index is 0.455. The van der Waals surface area contributed by atoms with Gasteiger partial charge in [-0.1, -0.05) is 0 Å². The fourth-order valence-corrected chi connectivity index (χ4v) is 2.04. The van der Waals surface area contributed by atoms with Crippen molar-refractivity contribution in [1.29, 1.82) is 0 Å². The number of halogens is 1. The van der Waals surface area contributed by atoms with Crippen molar-refractivity contribution in [1.82, 2.24) is 9.71 Å². The van der Waals surface area contributed by atoms with Crippen molar-refractivity contribution < 1.29 is 27.8 Å². The Balaban J connectivity index is 2.87. The minimum atomic E-state index is -4.13. The van der Waals surface area contributed by atoms with Crippen LogP contribution in [0.25, 0.3) is 0 Å². The van der Waals surface area contributed by atoms with E-state index in [0.29, 0.717) is 0 Å². The zero-order valence-electron chi connectivity index (χ0n) is 9.29. The number of rotatable bonds is 5. The third kappa shape index (κ3) is 3.45. The molecule has 1 atom stereocenters. The molecule has 0 radical (unpaired) electrons. The third-order valence-corrected chi connectivity index (χ3v) is 3.43. The predicted molar refractivity (Wildman–Crippen MR) is 57.6 cm³/mol. The van der Waals surface area contributed by atoms with E-state index in [2.05, 4.69) is 4.98 Å². The van der Waals surface area contributed by atoms with Crippen LogP contribution in [0.15, 0.2) is 23.4 Å². The summed E-state index contributed by atoms with van der Waals surface area (Å²) in [6.07, 6.45) is 1.73. The molecule has 100 valence electrons. The van der Waals surface area contributed by atoms with Crippen LogP contribution in [0, 0.1) is 5.82 Å². The fourth-order valence-electron chi connectivity index (χ4n) is 0.934. The molecule has 1 rings (SSSR count). The van der Waals surface area contributed by atoms with E-state index in [1.165, 1.54) is 0 Å². The van der Waals surface area contributed by atoms with Gasteiger partial charge < -0.3 is 10.2 Å². The Hall–Kier alpha value is -1.58. The summed E-state index contributed by atoms with van der Waals surface area (Å²) in [5.41, 5.74) is -2.26. The van der Waals surface area contributed by atoms with Crippen LogP contribution < -0.4 is 4.72 Å². The SMILES string of the molecule is CC(O)(CNS(=O)(=O)c1cncc(F)c1)C(=O)O. The molecule has 0 amide bonds. The van der Waals surface area contributed by atoms with E-state index in [-0.39, 0.29) is 0 Å². The fraction of sp³-hybridized carbons (Fsp3) is 0.333. The van der Waals surface area contributed by atoms with Crippen molar-refractivity contribution >= 4 is 16.0 Å². The number of nitrogens with zero attached hydrogens (tertiary/aromatic N) is 1. The quantitative estimate of drug-likeness (QED) is 0.658. The highest BCUT2D eigenvalue weighted by atomic mass is 32.2. The lowest BCUT2D eigenvalue weighted by Gasteiger charge is -2.18. The lowest BCUT2D eigenvalue weighted by atomic mass is 10.1. The van der Waals surface area contributed by atoms with Crippen molar-refractivity contribution in [2.75, 3.05) is 6.54 Å². The molecule has 0 aromatic carbocycles. The van der Waals surface area contributed by atoms with Gasteiger partial charge in [0.15, 0.2) is 5.60 Å². The molecular formula is C9H11FN2O5S. The maximum atomic E-state index is 12.8. The standard InChI is InChI=1S/C9H11FN2O5S/c1-9(15,8(13)14)5-12-18(16,17)7-2-6(10)3-11-4-7/h2-4,12,15H,5H2,1H3,(H,13,14). The molecule has 7 nitrogen and oxygen atoms in total. The molecule has 1 unspecified atom stereocenters. The first-order valence-corrected chi connectivity index (χ1v) is 6.19. The largest absolute Gasteiger partial charge is 0.479 e. The zero-order valence-corrected chi connectivity index (χ0v) is 10.1. The second-order valence-electron chi connectivity index (χ2n) is 3.74. The molecule has 0 aliphatic heterocycles. The van der Waals surface area contributed by atoms with Crippen LogP contribution in [0.4, 0.5) is 4.39 Å². The number of carboxylic acids is 1. The van der Waals surface area contributed by atoms with Crippen molar-refractivity contribution in [3.8, 4) is 0 Å². The average molecular weight is 278 g/mol. The molecular weight excluding hydrogens is 267 g/mol. The van der Waals surface area contributed by atoms with Crippen LogP contribution in [0.3, 0.4) is 0 Å². The third-order valence-electron chi connectivity index (χ3n) is 2.06. The summed E-state index contributed by atoms with van der Waals surface area (Å²) in [5, 5.41) is 17.9. The number of hydrogen-bond acceptors (Lipinski definition) is 5. The smallest absolute Gasteiger partial charge is 0.336 e. The van der Waals surface area contributed by atoms with E-state index in [0.717, 1.165) is 25.4 Å². The van der Waals surface area contributed by atoms with Gasteiger partial charge in [0.1, 0.15) is 10.7 Å². The van der Waals surface area contributed by atoms with Gasteiger partial charge in [-0.15, -0.1) is 0 Å². The molecule has 1 aromatic heterocycles. The summed E-state index contributed by atoms with van der Waals surface area (Å²) in [5.74, 6) is -2.43. The van der Waals surface area contributed by atoms with Gasteiger partial charge >= 0.3 is 5.97 Å². The number of pyridine rings is 1. The summed E-state index contributed by atoms with van der Waals surface area (Å²) < 4.78 is 37.9. The minimum Gasteiger partial charge on any atom is -0.479 e. The topological polar surface area (TPSA) is 117 Å². The molecule has 0 saturated heterocycles. The van der Waals surface area contributed by atoms with E-state index in [4.69, 9.17) is 5.11 Å². The summed E-state index contributed by atoms with van der Waals surface area (Å²) >= 11 is 0. The van der Waals surface area contributed by atoms with Crippen LogP contribution >= 0.6 is 0 Å². The number of sulfonamides is 1. The van der Waals surface area contributed by atoms with Crippen LogP contribution in [0.5, 0.6) is 0 Å². The zero-order chi connectivity index (χ0) is 14.0. The Kier molecular flexibility index (Phi) is 3.99. The highest BCUT2D eigenvalue weighted by Crippen LogP contribution is 2.10. The van der Waals surface area contributed by atoms with Crippen molar-refractivity contribution in [2.45, 2.75) is 17.4 Å². The summed E-state index contributed by atoms with van der Waals surface area (Å²) in [6.45, 7) is 0.183. The Bertz CT molecular complexity index is 558. The van der Waals surface area contributed by atoms with Crippen LogP contribution in [0.1, 0.15) is 6.92 Å². The lowest BCUT2D eigenvalue weighted by Crippen LogP contribution is -2.46. The monoisotopic (exact) mass is 278 g/mol. The Morgan fingerprint density at radius 1 is 1.56 bits per heavy atom. The van der Waals surface area contributed by atoms with Gasteiger partial charge in [-0.05, 0) is 13.0 Å². The second-order valence-corrected chi connectivity index (χ2v) is 5.51. The Morgan fingerprint density at radius 2 is 2.17 bits per heavy atom. The second kappa shape index (κ2) is 4.96. The maximum Gasteiger partial charge on any atom is 0.336 e. The number of carbonyl (C=O) groups is 1. The highest BCUT2D eigenvalue weighted by molar-refractivity contribution is 7.89. The van der Waals surface area contributed by atoms with E-state index >= 15 is 0 Å². The van der Waals surface area contributed by atoms with Crippen molar-refractivity contribution in [3.05, 3.63) is 24.3 Å². The normalized spacial score (nSPS) is 15.1. The molecule has 0 aliphatic carbocycles. The molecule has 1 aromatic rings. The van der Waals surface area contributed by atoms with Gasteiger partial charge in [0.2, 0.25) is 10.0 Å². The number of aliphatic hydroxyl groups is 1. The molecule has 0 fully saturated rings. The molecule has 1 heterocycles. The molecule has 0 spiro atoms. The van der Waals surface area contributed by atoms with Gasteiger partial charge in [-0.3, -0.25) is 4.98 Å².